The molecule has 0 aliphatic carbocycles. The van der Waals surface area contributed by atoms with E-state index in [0.29, 0.717) is 6.42 Å². The van der Waals surface area contributed by atoms with Gasteiger partial charge in [-0.1, -0.05) is 6.92 Å². The first-order chi connectivity index (χ1) is 10.2. The van der Waals surface area contributed by atoms with Gasteiger partial charge in [0, 0.05) is 13.0 Å². The summed E-state index contributed by atoms with van der Waals surface area (Å²) in [7, 11) is 0. The summed E-state index contributed by atoms with van der Waals surface area (Å²) in [5, 5.41) is 6.46. The highest BCUT2D eigenvalue weighted by Crippen LogP contribution is 2.17. The lowest BCUT2D eigenvalue weighted by molar-refractivity contribution is -0.121. The Kier molecular flexibility index (Phi) is 7.51. The summed E-state index contributed by atoms with van der Waals surface area (Å²) in [6, 6.07) is 0. The second-order valence-electron chi connectivity index (χ2n) is 6.96. The summed E-state index contributed by atoms with van der Waals surface area (Å²) in [4.78, 5) is 14.4. The molecule has 2 aliphatic rings. The fraction of sp³-hybridized carbons (Fsp3) is 0.941. The van der Waals surface area contributed by atoms with E-state index in [1.807, 2.05) is 0 Å². The molecule has 2 rings (SSSR count). The lowest BCUT2D eigenvalue weighted by atomic mass is 9.93. The van der Waals surface area contributed by atoms with Gasteiger partial charge in [0.05, 0.1) is 0 Å². The van der Waals surface area contributed by atoms with Gasteiger partial charge >= 0.3 is 0 Å². The standard InChI is InChI=1S/C17H33N3O/c1-15-7-13-20(14-8-15)12-2-9-19-17(21)4-3-16-5-10-18-11-6-16/h15-16,18H,2-14H2,1H3,(H,19,21). The Morgan fingerprint density at radius 3 is 2.62 bits per heavy atom. The minimum absolute atomic E-state index is 0.251. The highest BCUT2D eigenvalue weighted by molar-refractivity contribution is 5.75. The maximum absolute atomic E-state index is 11.8. The largest absolute Gasteiger partial charge is 0.356 e. The first-order valence-electron chi connectivity index (χ1n) is 8.94. The third kappa shape index (κ3) is 6.79. The third-order valence-corrected chi connectivity index (χ3v) is 5.09. The summed E-state index contributed by atoms with van der Waals surface area (Å²) in [5.41, 5.74) is 0. The molecule has 2 saturated heterocycles. The first kappa shape index (κ1) is 16.8. The lowest BCUT2D eigenvalue weighted by Crippen LogP contribution is -2.35. The Bertz CT molecular complexity index is 294. The first-order valence-corrected chi connectivity index (χ1v) is 8.94. The van der Waals surface area contributed by atoms with Crippen molar-refractivity contribution in [1.29, 1.82) is 0 Å². The van der Waals surface area contributed by atoms with Crippen LogP contribution >= 0.6 is 0 Å². The average Bonchev–Trinajstić information content (AvgIpc) is 2.52. The summed E-state index contributed by atoms with van der Waals surface area (Å²) in [5.74, 6) is 1.91. The van der Waals surface area contributed by atoms with E-state index in [2.05, 4.69) is 22.5 Å². The normalized spacial score (nSPS) is 22.3. The van der Waals surface area contributed by atoms with Gasteiger partial charge in [0.1, 0.15) is 0 Å². The molecule has 2 heterocycles. The van der Waals surface area contributed by atoms with Crippen LogP contribution < -0.4 is 10.6 Å². The maximum atomic E-state index is 11.8. The van der Waals surface area contributed by atoms with Crippen LogP contribution in [0.5, 0.6) is 0 Å². The fourth-order valence-electron chi connectivity index (χ4n) is 3.41. The summed E-state index contributed by atoms with van der Waals surface area (Å²) >= 11 is 0. The molecule has 0 bridgehead atoms. The van der Waals surface area contributed by atoms with Crippen LogP contribution in [0.4, 0.5) is 0 Å². The quantitative estimate of drug-likeness (QED) is 0.706. The van der Waals surface area contributed by atoms with Crippen molar-refractivity contribution in [2.24, 2.45) is 11.8 Å². The van der Waals surface area contributed by atoms with Crippen LogP contribution in [0.1, 0.15) is 51.9 Å². The van der Waals surface area contributed by atoms with Crippen LogP contribution in [0.25, 0.3) is 0 Å². The molecule has 2 aliphatic heterocycles. The summed E-state index contributed by atoms with van der Waals surface area (Å²) in [6.07, 6.45) is 8.02. The van der Waals surface area contributed by atoms with Crippen molar-refractivity contribution in [3.63, 3.8) is 0 Å². The molecule has 0 aromatic carbocycles. The molecule has 0 atom stereocenters. The SMILES string of the molecule is CC1CCN(CCCNC(=O)CCC2CCNCC2)CC1. The minimum atomic E-state index is 0.251. The van der Waals surface area contributed by atoms with Gasteiger partial charge in [-0.3, -0.25) is 4.79 Å². The van der Waals surface area contributed by atoms with E-state index in [0.717, 1.165) is 50.9 Å². The number of likely N-dealkylation sites (tertiary alicyclic amines) is 1. The van der Waals surface area contributed by atoms with E-state index >= 15 is 0 Å². The van der Waals surface area contributed by atoms with Crippen LogP contribution in [-0.2, 0) is 4.79 Å². The number of nitrogens with one attached hydrogen (secondary N) is 2. The molecule has 2 fully saturated rings. The van der Waals surface area contributed by atoms with Gasteiger partial charge in [-0.05, 0) is 83.1 Å². The molecule has 0 aromatic heterocycles. The number of amides is 1. The predicted molar refractivity (Wildman–Crippen MR) is 87.3 cm³/mol. The number of carbonyl (C=O) groups excluding carboxylic acids is 1. The van der Waals surface area contributed by atoms with Crippen LogP contribution in [0.15, 0.2) is 0 Å². The van der Waals surface area contributed by atoms with E-state index in [1.54, 1.807) is 0 Å². The van der Waals surface area contributed by atoms with E-state index in [-0.39, 0.29) is 5.91 Å². The highest BCUT2D eigenvalue weighted by Gasteiger charge is 2.16. The number of carbonyl (C=O) groups is 1. The molecule has 0 saturated carbocycles. The smallest absolute Gasteiger partial charge is 0.220 e. The number of rotatable bonds is 7. The molecular formula is C17H33N3O. The van der Waals surface area contributed by atoms with Crippen molar-refractivity contribution in [3.05, 3.63) is 0 Å². The van der Waals surface area contributed by atoms with E-state index in [4.69, 9.17) is 0 Å². The van der Waals surface area contributed by atoms with Crippen molar-refractivity contribution < 1.29 is 4.79 Å². The van der Waals surface area contributed by atoms with E-state index < -0.39 is 0 Å². The van der Waals surface area contributed by atoms with Crippen molar-refractivity contribution >= 4 is 5.91 Å². The molecule has 21 heavy (non-hydrogen) atoms. The molecule has 0 unspecified atom stereocenters. The van der Waals surface area contributed by atoms with Crippen molar-refractivity contribution in [1.82, 2.24) is 15.5 Å². The molecular weight excluding hydrogens is 262 g/mol. The Morgan fingerprint density at radius 2 is 1.90 bits per heavy atom. The molecule has 2 N–H and O–H groups in total. The second kappa shape index (κ2) is 9.42. The molecule has 0 spiro atoms. The zero-order chi connectivity index (χ0) is 14.9. The van der Waals surface area contributed by atoms with Crippen molar-refractivity contribution in [2.75, 3.05) is 39.3 Å². The average molecular weight is 295 g/mol. The van der Waals surface area contributed by atoms with E-state index in [1.165, 1.54) is 38.8 Å². The monoisotopic (exact) mass is 295 g/mol. The molecule has 122 valence electrons. The molecule has 0 aromatic rings. The highest BCUT2D eigenvalue weighted by atomic mass is 16.1. The molecule has 4 heteroatoms. The van der Waals surface area contributed by atoms with Gasteiger partial charge in [-0.25, -0.2) is 0 Å². The lowest BCUT2D eigenvalue weighted by Gasteiger charge is -2.30. The van der Waals surface area contributed by atoms with Crippen molar-refractivity contribution in [3.8, 4) is 0 Å². The van der Waals surface area contributed by atoms with Crippen molar-refractivity contribution in [2.45, 2.75) is 51.9 Å². The number of nitrogens with zero attached hydrogens (tertiary/aromatic N) is 1. The predicted octanol–water partition coefficient (Wildman–Crippen LogP) is 2.00. The molecule has 4 nitrogen and oxygen atoms in total. The third-order valence-electron chi connectivity index (χ3n) is 5.09. The van der Waals surface area contributed by atoms with Gasteiger partial charge in [-0.2, -0.15) is 0 Å². The molecule has 0 radical (unpaired) electrons. The Morgan fingerprint density at radius 1 is 1.19 bits per heavy atom. The summed E-state index contributed by atoms with van der Waals surface area (Å²) < 4.78 is 0. The Balaban J connectivity index is 1.45. The fourth-order valence-corrected chi connectivity index (χ4v) is 3.41. The van der Waals surface area contributed by atoms with Crippen LogP contribution in [0.3, 0.4) is 0 Å². The van der Waals surface area contributed by atoms with E-state index in [9.17, 15) is 4.79 Å². The molecule has 1 amide bonds. The zero-order valence-corrected chi connectivity index (χ0v) is 13.7. The Hall–Kier alpha value is -0.610. The zero-order valence-electron chi connectivity index (χ0n) is 13.7. The van der Waals surface area contributed by atoms with Gasteiger partial charge in [-0.15, -0.1) is 0 Å². The minimum Gasteiger partial charge on any atom is -0.356 e. The second-order valence-corrected chi connectivity index (χ2v) is 6.96. The van der Waals surface area contributed by atoms with Crippen LogP contribution in [-0.4, -0.2) is 50.1 Å². The number of hydrogen-bond acceptors (Lipinski definition) is 3. The van der Waals surface area contributed by atoms with Gasteiger partial charge < -0.3 is 15.5 Å². The number of piperidine rings is 2. The van der Waals surface area contributed by atoms with Gasteiger partial charge in [0.15, 0.2) is 0 Å². The van der Waals surface area contributed by atoms with Crippen LogP contribution in [0.2, 0.25) is 0 Å². The summed E-state index contributed by atoms with van der Waals surface area (Å²) in [6.45, 7) is 9.06. The van der Waals surface area contributed by atoms with Gasteiger partial charge in [0.2, 0.25) is 5.91 Å². The number of hydrogen-bond donors (Lipinski definition) is 2. The maximum Gasteiger partial charge on any atom is 0.220 e. The topological polar surface area (TPSA) is 44.4 Å². The Labute approximate surface area is 130 Å². The van der Waals surface area contributed by atoms with Crippen LogP contribution in [0, 0.1) is 11.8 Å². The van der Waals surface area contributed by atoms with Gasteiger partial charge in [0.25, 0.3) is 0 Å².